The second kappa shape index (κ2) is 9.29. The standard InChI is InChI=1S/C18H30N4O3/c23-17(21-24)11-14(8-4-7-13-5-2-1-3-6-13)18-20-16(22-25-18)12-19-15-9-10-15/h13-15,19,24H,1-12H2,(H,21,23)/t14-/m1/s1. The van der Waals surface area contributed by atoms with Gasteiger partial charge >= 0.3 is 0 Å². The Morgan fingerprint density at radius 3 is 2.76 bits per heavy atom. The normalized spacial score (nSPS) is 19.7. The maximum atomic E-state index is 11.6. The predicted molar refractivity (Wildman–Crippen MR) is 91.9 cm³/mol. The van der Waals surface area contributed by atoms with Gasteiger partial charge in [0.25, 0.3) is 0 Å². The summed E-state index contributed by atoms with van der Waals surface area (Å²) in [6.07, 6.45) is 12.4. The van der Waals surface area contributed by atoms with Crippen LogP contribution in [0.4, 0.5) is 0 Å². The molecule has 0 radical (unpaired) electrons. The fourth-order valence-electron chi connectivity index (χ4n) is 3.74. The molecule has 7 heteroatoms. The van der Waals surface area contributed by atoms with E-state index in [0.29, 0.717) is 24.3 Å². The van der Waals surface area contributed by atoms with Crippen LogP contribution in [0.3, 0.4) is 0 Å². The fourth-order valence-corrected chi connectivity index (χ4v) is 3.74. The van der Waals surface area contributed by atoms with Gasteiger partial charge in [-0.05, 0) is 25.2 Å². The van der Waals surface area contributed by atoms with Crippen molar-refractivity contribution in [2.45, 2.75) is 89.1 Å². The van der Waals surface area contributed by atoms with Crippen LogP contribution in [0.1, 0.15) is 88.3 Å². The first-order chi connectivity index (χ1) is 12.2. The molecule has 2 saturated carbocycles. The van der Waals surface area contributed by atoms with E-state index < -0.39 is 5.91 Å². The molecule has 1 amide bonds. The highest BCUT2D eigenvalue weighted by molar-refractivity contribution is 5.75. The molecular weight excluding hydrogens is 320 g/mol. The van der Waals surface area contributed by atoms with E-state index in [9.17, 15) is 4.79 Å². The molecule has 3 rings (SSSR count). The summed E-state index contributed by atoms with van der Waals surface area (Å²) in [4.78, 5) is 16.1. The zero-order valence-electron chi connectivity index (χ0n) is 14.9. The van der Waals surface area contributed by atoms with Crippen molar-refractivity contribution >= 4 is 5.91 Å². The molecule has 1 aromatic rings. The first-order valence-corrected chi connectivity index (χ1v) is 9.73. The minimum Gasteiger partial charge on any atom is -0.339 e. The van der Waals surface area contributed by atoms with E-state index >= 15 is 0 Å². The van der Waals surface area contributed by atoms with E-state index in [2.05, 4.69) is 15.5 Å². The number of hydroxylamine groups is 1. The fraction of sp³-hybridized carbons (Fsp3) is 0.833. The number of nitrogens with one attached hydrogen (secondary N) is 2. The molecule has 1 aromatic heterocycles. The average molecular weight is 350 g/mol. The van der Waals surface area contributed by atoms with E-state index in [1.165, 1.54) is 51.4 Å². The summed E-state index contributed by atoms with van der Waals surface area (Å²) in [5, 5.41) is 16.2. The van der Waals surface area contributed by atoms with Gasteiger partial charge in [-0.1, -0.05) is 50.1 Å². The van der Waals surface area contributed by atoms with E-state index in [4.69, 9.17) is 9.73 Å². The van der Waals surface area contributed by atoms with Gasteiger partial charge in [0, 0.05) is 18.4 Å². The highest BCUT2D eigenvalue weighted by Crippen LogP contribution is 2.31. The molecule has 0 bridgehead atoms. The average Bonchev–Trinajstić information content (AvgIpc) is 3.36. The largest absolute Gasteiger partial charge is 0.339 e. The molecule has 0 aliphatic heterocycles. The first-order valence-electron chi connectivity index (χ1n) is 9.73. The lowest BCUT2D eigenvalue weighted by Gasteiger charge is -2.22. The van der Waals surface area contributed by atoms with Crippen LogP contribution in [-0.2, 0) is 11.3 Å². The number of rotatable bonds is 10. The lowest BCUT2D eigenvalue weighted by molar-refractivity contribution is -0.129. The number of nitrogens with zero attached hydrogens (tertiary/aromatic N) is 2. The molecule has 1 atom stereocenters. The smallest absolute Gasteiger partial charge is 0.244 e. The topological polar surface area (TPSA) is 100 Å². The zero-order chi connectivity index (χ0) is 17.5. The molecule has 2 fully saturated rings. The summed E-state index contributed by atoms with van der Waals surface area (Å²) >= 11 is 0. The van der Waals surface area contributed by atoms with Gasteiger partial charge in [-0.15, -0.1) is 0 Å². The molecule has 0 aromatic carbocycles. The van der Waals surface area contributed by atoms with Crippen LogP contribution in [0.5, 0.6) is 0 Å². The molecule has 25 heavy (non-hydrogen) atoms. The van der Waals surface area contributed by atoms with Crippen LogP contribution in [0.2, 0.25) is 0 Å². The van der Waals surface area contributed by atoms with Crippen molar-refractivity contribution < 1.29 is 14.5 Å². The third kappa shape index (κ3) is 6.08. The highest BCUT2D eigenvalue weighted by atomic mass is 16.5. The van der Waals surface area contributed by atoms with Crippen molar-refractivity contribution in [2.24, 2.45) is 5.92 Å². The molecular formula is C18H30N4O3. The minimum absolute atomic E-state index is 0.127. The summed E-state index contributed by atoms with van der Waals surface area (Å²) in [6.45, 7) is 0.606. The second-order valence-corrected chi connectivity index (χ2v) is 7.57. The second-order valence-electron chi connectivity index (χ2n) is 7.57. The van der Waals surface area contributed by atoms with Crippen molar-refractivity contribution in [3.05, 3.63) is 11.7 Å². The minimum atomic E-state index is -0.404. The lowest BCUT2D eigenvalue weighted by Crippen LogP contribution is -2.21. The van der Waals surface area contributed by atoms with Crippen LogP contribution in [0.25, 0.3) is 0 Å². The van der Waals surface area contributed by atoms with Crippen LogP contribution in [0, 0.1) is 5.92 Å². The Hall–Kier alpha value is -1.47. The summed E-state index contributed by atoms with van der Waals surface area (Å²) in [5.74, 6) is 1.45. The van der Waals surface area contributed by atoms with Crippen LogP contribution in [0.15, 0.2) is 4.52 Å². The Balaban J connectivity index is 1.51. The Morgan fingerprint density at radius 2 is 2.04 bits per heavy atom. The number of carbonyl (C=O) groups excluding carboxylic acids is 1. The quantitative estimate of drug-likeness (QED) is 0.443. The highest BCUT2D eigenvalue weighted by Gasteiger charge is 2.24. The molecule has 7 nitrogen and oxygen atoms in total. The van der Waals surface area contributed by atoms with E-state index in [-0.39, 0.29) is 12.3 Å². The SMILES string of the molecule is O=C(C[C@@H](CCCC1CCCCC1)c1nc(CNC2CC2)no1)NO. The molecule has 2 aliphatic carbocycles. The van der Waals surface area contributed by atoms with Crippen molar-refractivity contribution in [2.75, 3.05) is 0 Å². The third-order valence-corrected chi connectivity index (χ3v) is 5.41. The van der Waals surface area contributed by atoms with Gasteiger partial charge in [0.05, 0.1) is 6.54 Å². The third-order valence-electron chi connectivity index (χ3n) is 5.41. The maximum absolute atomic E-state index is 11.6. The number of hydrogen-bond acceptors (Lipinski definition) is 6. The molecule has 0 spiro atoms. The number of hydrogen-bond donors (Lipinski definition) is 3. The van der Waals surface area contributed by atoms with E-state index in [1.54, 1.807) is 5.48 Å². The Labute approximate surface area is 148 Å². The summed E-state index contributed by atoms with van der Waals surface area (Å²) in [7, 11) is 0. The van der Waals surface area contributed by atoms with Crippen LogP contribution < -0.4 is 10.8 Å². The molecule has 2 aliphatic rings. The van der Waals surface area contributed by atoms with Gasteiger partial charge in [0.2, 0.25) is 11.8 Å². The first kappa shape index (κ1) is 18.3. The van der Waals surface area contributed by atoms with Crippen LogP contribution >= 0.6 is 0 Å². The van der Waals surface area contributed by atoms with Gasteiger partial charge in [-0.3, -0.25) is 10.0 Å². The molecule has 140 valence electrons. The maximum Gasteiger partial charge on any atom is 0.244 e. The van der Waals surface area contributed by atoms with Gasteiger partial charge < -0.3 is 9.84 Å². The van der Waals surface area contributed by atoms with Crippen LogP contribution in [-0.4, -0.2) is 27.3 Å². The molecule has 0 saturated heterocycles. The lowest BCUT2D eigenvalue weighted by atomic mass is 9.84. The summed E-state index contributed by atoms with van der Waals surface area (Å²) in [6, 6.07) is 0.591. The Kier molecular flexibility index (Phi) is 6.81. The van der Waals surface area contributed by atoms with Gasteiger partial charge in [-0.25, -0.2) is 5.48 Å². The number of amides is 1. The van der Waals surface area contributed by atoms with Gasteiger partial charge in [0.15, 0.2) is 5.82 Å². The van der Waals surface area contributed by atoms with E-state index in [1.807, 2.05) is 0 Å². The Bertz CT molecular complexity index is 538. The Morgan fingerprint density at radius 1 is 1.24 bits per heavy atom. The summed E-state index contributed by atoms with van der Waals surface area (Å²) in [5.41, 5.74) is 1.72. The molecule has 0 unspecified atom stereocenters. The van der Waals surface area contributed by atoms with Crippen molar-refractivity contribution in [3.63, 3.8) is 0 Å². The summed E-state index contributed by atoms with van der Waals surface area (Å²) < 4.78 is 5.40. The molecule has 1 heterocycles. The van der Waals surface area contributed by atoms with Gasteiger partial charge in [0.1, 0.15) is 0 Å². The van der Waals surface area contributed by atoms with Crippen molar-refractivity contribution in [3.8, 4) is 0 Å². The monoisotopic (exact) mass is 350 g/mol. The molecule has 3 N–H and O–H groups in total. The van der Waals surface area contributed by atoms with Crippen molar-refractivity contribution in [1.29, 1.82) is 0 Å². The van der Waals surface area contributed by atoms with Gasteiger partial charge in [-0.2, -0.15) is 4.98 Å². The predicted octanol–water partition coefficient (Wildman–Crippen LogP) is 3.05. The number of aromatic nitrogens is 2. The number of carbonyl (C=O) groups is 1. The van der Waals surface area contributed by atoms with Crippen molar-refractivity contribution in [1.82, 2.24) is 20.9 Å². The zero-order valence-corrected chi connectivity index (χ0v) is 14.9. The van der Waals surface area contributed by atoms with E-state index in [0.717, 1.165) is 18.8 Å².